The van der Waals surface area contributed by atoms with Crippen molar-refractivity contribution in [3.63, 3.8) is 0 Å². The molecule has 0 amide bonds. The van der Waals surface area contributed by atoms with Crippen molar-refractivity contribution in [3.05, 3.63) is 0 Å². The second-order valence-electron chi connectivity index (χ2n) is 5.98. The molecule has 0 heterocycles. The molecule has 0 aliphatic rings. The monoisotopic (exact) mass is 272 g/mol. The largest absolute Gasteiger partial charge is 0.122 e. The summed E-state index contributed by atoms with van der Waals surface area (Å²) in [6.07, 6.45) is 9.88. The van der Waals surface area contributed by atoms with Crippen molar-refractivity contribution in [1.29, 1.82) is 0 Å². The fraction of sp³-hybridized carbons (Fsp3) is 1.00. The van der Waals surface area contributed by atoms with Gasteiger partial charge in [-0.25, -0.2) is 0 Å². The molecule has 0 rings (SSSR count). The SMILES string of the molecule is CCCC(CC)C(CC)CCC(PC)C(C)CC. The van der Waals surface area contributed by atoms with Gasteiger partial charge in [-0.1, -0.05) is 66.7 Å². The van der Waals surface area contributed by atoms with E-state index in [0.717, 1.165) is 32.0 Å². The van der Waals surface area contributed by atoms with E-state index in [1.54, 1.807) is 0 Å². The lowest BCUT2D eigenvalue weighted by Gasteiger charge is -2.28. The van der Waals surface area contributed by atoms with E-state index in [4.69, 9.17) is 0 Å². The molecule has 1 heteroatoms. The van der Waals surface area contributed by atoms with Crippen molar-refractivity contribution in [3.8, 4) is 0 Å². The van der Waals surface area contributed by atoms with E-state index in [1.807, 2.05) is 0 Å². The Labute approximate surface area is 118 Å². The molecule has 0 fully saturated rings. The summed E-state index contributed by atoms with van der Waals surface area (Å²) >= 11 is 0. The van der Waals surface area contributed by atoms with Crippen LogP contribution in [-0.4, -0.2) is 12.3 Å². The van der Waals surface area contributed by atoms with Gasteiger partial charge in [-0.2, -0.15) is 0 Å². The summed E-state index contributed by atoms with van der Waals surface area (Å²) in [4.78, 5) is 0. The third kappa shape index (κ3) is 6.55. The predicted octanol–water partition coefficient (Wildman–Crippen LogP) is 6.34. The second-order valence-corrected chi connectivity index (χ2v) is 7.30. The summed E-state index contributed by atoms with van der Waals surface area (Å²) in [6.45, 7) is 14.3. The smallest absolute Gasteiger partial charge is 0.0213 e. The summed E-state index contributed by atoms with van der Waals surface area (Å²) < 4.78 is 0. The molecule has 0 N–H and O–H groups in total. The van der Waals surface area contributed by atoms with Gasteiger partial charge in [-0.3, -0.25) is 0 Å². The van der Waals surface area contributed by atoms with Gasteiger partial charge in [0.2, 0.25) is 0 Å². The maximum atomic E-state index is 2.45. The molecular formula is C17H37P. The maximum Gasteiger partial charge on any atom is -0.0213 e. The van der Waals surface area contributed by atoms with Crippen molar-refractivity contribution >= 4 is 8.58 Å². The maximum absolute atomic E-state index is 2.45. The summed E-state index contributed by atoms with van der Waals surface area (Å²) in [5.74, 6) is 2.90. The number of rotatable bonds is 11. The van der Waals surface area contributed by atoms with Crippen LogP contribution in [0, 0.1) is 17.8 Å². The average molecular weight is 272 g/mol. The van der Waals surface area contributed by atoms with E-state index in [2.05, 4.69) is 41.3 Å². The molecule has 0 nitrogen and oxygen atoms in total. The quantitative estimate of drug-likeness (QED) is 0.385. The Bertz CT molecular complexity index is 178. The lowest BCUT2D eigenvalue weighted by Crippen LogP contribution is -2.18. The molecule has 0 spiro atoms. The van der Waals surface area contributed by atoms with E-state index in [9.17, 15) is 0 Å². The van der Waals surface area contributed by atoms with Crippen molar-refractivity contribution < 1.29 is 0 Å². The van der Waals surface area contributed by atoms with Gasteiger partial charge >= 0.3 is 0 Å². The Balaban J connectivity index is 4.26. The predicted molar refractivity (Wildman–Crippen MR) is 89.2 cm³/mol. The van der Waals surface area contributed by atoms with Crippen molar-refractivity contribution in [2.24, 2.45) is 17.8 Å². The Morgan fingerprint density at radius 3 is 1.72 bits per heavy atom. The van der Waals surface area contributed by atoms with Gasteiger partial charge < -0.3 is 0 Å². The Hall–Kier alpha value is 0.430. The van der Waals surface area contributed by atoms with Gasteiger partial charge in [0.25, 0.3) is 0 Å². The van der Waals surface area contributed by atoms with E-state index >= 15 is 0 Å². The molecule has 0 aromatic carbocycles. The molecule has 5 unspecified atom stereocenters. The van der Waals surface area contributed by atoms with Crippen LogP contribution in [0.5, 0.6) is 0 Å². The van der Waals surface area contributed by atoms with Crippen LogP contribution in [0.15, 0.2) is 0 Å². The molecule has 0 aliphatic heterocycles. The first-order valence-electron chi connectivity index (χ1n) is 8.31. The molecule has 110 valence electrons. The van der Waals surface area contributed by atoms with Crippen molar-refractivity contribution in [1.82, 2.24) is 0 Å². The van der Waals surface area contributed by atoms with Crippen LogP contribution >= 0.6 is 8.58 Å². The Kier molecular flexibility index (Phi) is 11.5. The lowest BCUT2D eigenvalue weighted by molar-refractivity contribution is 0.265. The molecule has 18 heavy (non-hydrogen) atoms. The first-order chi connectivity index (χ1) is 8.64. The average Bonchev–Trinajstić information content (AvgIpc) is 2.41. The fourth-order valence-corrected chi connectivity index (χ4v) is 4.57. The van der Waals surface area contributed by atoms with Gasteiger partial charge in [-0.15, -0.1) is 8.58 Å². The van der Waals surface area contributed by atoms with Crippen LogP contribution in [0.4, 0.5) is 0 Å². The molecule has 5 atom stereocenters. The summed E-state index contributed by atoms with van der Waals surface area (Å²) in [5.41, 5.74) is 0.989. The van der Waals surface area contributed by atoms with Gasteiger partial charge in [0.1, 0.15) is 0 Å². The van der Waals surface area contributed by atoms with Gasteiger partial charge in [0.05, 0.1) is 0 Å². The normalized spacial score (nSPS) is 19.0. The summed E-state index contributed by atoms with van der Waals surface area (Å²) in [6, 6.07) is 0. The molecule has 0 radical (unpaired) electrons. The highest BCUT2D eigenvalue weighted by Crippen LogP contribution is 2.34. The zero-order chi connectivity index (χ0) is 14.0. The Morgan fingerprint density at radius 1 is 0.778 bits per heavy atom. The van der Waals surface area contributed by atoms with Crippen molar-refractivity contribution in [2.75, 3.05) is 6.66 Å². The van der Waals surface area contributed by atoms with E-state index in [0.29, 0.717) is 0 Å². The van der Waals surface area contributed by atoms with Crippen LogP contribution < -0.4 is 0 Å². The topological polar surface area (TPSA) is 0 Å². The fourth-order valence-electron chi connectivity index (χ4n) is 3.31. The highest BCUT2D eigenvalue weighted by molar-refractivity contribution is 7.37. The molecule has 0 saturated carbocycles. The molecule has 0 bridgehead atoms. The highest BCUT2D eigenvalue weighted by atomic mass is 31.1. The minimum atomic E-state index is 0.928. The first kappa shape index (κ1) is 18.4. The molecule has 0 aromatic heterocycles. The second kappa shape index (κ2) is 11.3. The van der Waals surface area contributed by atoms with Gasteiger partial charge in [-0.05, 0) is 42.9 Å². The molecule has 0 aromatic rings. The van der Waals surface area contributed by atoms with Crippen LogP contribution in [0.3, 0.4) is 0 Å². The summed E-state index contributed by atoms with van der Waals surface area (Å²) in [7, 11) is 1.13. The Morgan fingerprint density at radius 2 is 1.33 bits per heavy atom. The third-order valence-corrected chi connectivity index (χ3v) is 6.52. The number of hydrogen-bond donors (Lipinski definition) is 0. The van der Waals surface area contributed by atoms with E-state index < -0.39 is 0 Å². The van der Waals surface area contributed by atoms with Crippen molar-refractivity contribution in [2.45, 2.75) is 85.2 Å². The standard InChI is InChI=1S/C17H37P/c1-7-11-15(9-3)16(10-4)12-13-17(18-6)14(5)8-2/h14-18H,7-13H2,1-6H3. The zero-order valence-corrected chi connectivity index (χ0v) is 14.8. The zero-order valence-electron chi connectivity index (χ0n) is 13.8. The van der Waals surface area contributed by atoms with E-state index in [1.165, 1.54) is 44.9 Å². The minimum absolute atomic E-state index is 0.928. The highest BCUT2D eigenvalue weighted by Gasteiger charge is 2.20. The van der Waals surface area contributed by atoms with Gasteiger partial charge in [0, 0.05) is 0 Å². The lowest BCUT2D eigenvalue weighted by atomic mass is 9.81. The minimum Gasteiger partial charge on any atom is -0.122 e. The molecule has 0 aliphatic carbocycles. The molecule has 0 saturated heterocycles. The summed E-state index contributed by atoms with van der Waals surface area (Å²) in [5, 5.41) is 0. The van der Waals surface area contributed by atoms with Crippen LogP contribution in [0.25, 0.3) is 0 Å². The number of hydrogen-bond acceptors (Lipinski definition) is 0. The van der Waals surface area contributed by atoms with Crippen LogP contribution in [0.2, 0.25) is 0 Å². The first-order valence-corrected chi connectivity index (χ1v) is 9.89. The van der Waals surface area contributed by atoms with Crippen LogP contribution in [-0.2, 0) is 0 Å². The van der Waals surface area contributed by atoms with Crippen LogP contribution in [0.1, 0.15) is 79.6 Å². The van der Waals surface area contributed by atoms with Gasteiger partial charge in [0.15, 0.2) is 0 Å². The molecular weight excluding hydrogens is 235 g/mol. The van der Waals surface area contributed by atoms with E-state index in [-0.39, 0.29) is 0 Å². The third-order valence-electron chi connectivity index (χ3n) is 4.92.